The Morgan fingerprint density at radius 3 is 2.75 bits per heavy atom. The molecule has 0 amide bonds. The highest BCUT2D eigenvalue weighted by atomic mass is 79.9. The van der Waals surface area contributed by atoms with E-state index >= 15 is 0 Å². The minimum atomic E-state index is -0.312. The molecule has 1 unspecified atom stereocenters. The van der Waals surface area contributed by atoms with E-state index < -0.39 is 0 Å². The highest BCUT2D eigenvalue weighted by Gasteiger charge is 2.18. The Kier molecular flexibility index (Phi) is 3.41. The van der Waals surface area contributed by atoms with Crippen molar-refractivity contribution in [3.8, 4) is 0 Å². The standard InChI is InChI=1S/C10H12BrN3OS/c1-5(2)10-13-9(14-15-10)8(12)7-3-6(11)4-16-7/h3-5,8H,12H2,1-2H3. The van der Waals surface area contributed by atoms with Crippen LogP contribution in [0.25, 0.3) is 0 Å². The summed E-state index contributed by atoms with van der Waals surface area (Å²) in [7, 11) is 0. The minimum absolute atomic E-state index is 0.225. The monoisotopic (exact) mass is 301 g/mol. The van der Waals surface area contributed by atoms with Crippen molar-refractivity contribution in [2.75, 3.05) is 0 Å². The van der Waals surface area contributed by atoms with Crippen molar-refractivity contribution in [1.29, 1.82) is 0 Å². The van der Waals surface area contributed by atoms with Gasteiger partial charge >= 0.3 is 0 Å². The zero-order valence-corrected chi connectivity index (χ0v) is 11.4. The van der Waals surface area contributed by atoms with E-state index in [0.717, 1.165) is 9.35 Å². The SMILES string of the molecule is CC(C)c1nc(C(N)c2cc(Br)cs2)no1. The molecular weight excluding hydrogens is 290 g/mol. The van der Waals surface area contributed by atoms with E-state index in [9.17, 15) is 0 Å². The summed E-state index contributed by atoms with van der Waals surface area (Å²) in [6, 6.07) is 1.66. The van der Waals surface area contributed by atoms with Crippen molar-refractivity contribution in [2.45, 2.75) is 25.8 Å². The van der Waals surface area contributed by atoms with E-state index in [1.165, 1.54) is 0 Å². The predicted molar refractivity (Wildman–Crippen MR) is 66.4 cm³/mol. The quantitative estimate of drug-likeness (QED) is 0.946. The third-order valence-electron chi connectivity index (χ3n) is 2.12. The Bertz CT molecular complexity index is 480. The highest BCUT2D eigenvalue weighted by Crippen LogP contribution is 2.27. The maximum absolute atomic E-state index is 6.05. The van der Waals surface area contributed by atoms with Crippen LogP contribution in [-0.2, 0) is 0 Å². The first kappa shape index (κ1) is 11.8. The zero-order chi connectivity index (χ0) is 11.7. The first-order chi connectivity index (χ1) is 7.58. The van der Waals surface area contributed by atoms with Crippen LogP contribution in [0.2, 0.25) is 0 Å². The van der Waals surface area contributed by atoms with Crippen LogP contribution in [0.5, 0.6) is 0 Å². The molecule has 4 nitrogen and oxygen atoms in total. The van der Waals surface area contributed by atoms with Crippen molar-refractivity contribution >= 4 is 27.3 Å². The molecule has 86 valence electrons. The van der Waals surface area contributed by atoms with E-state index in [1.54, 1.807) is 11.3 Å². The molecule has 0 aromatic carbocycles. The summed E-state index contributed by atoms with van der Waals surface area (Å²) in [6.45, 7) is 4.01. The van der Waals surface area contributed by atoms with Crippen molar-refractivity contribution in [3.63, 3.8) is 0 Å². The summed E-state index contributed by atoms with van der Waals surface area (Å²) in [6.07, 6.45) is 0. The molecule has 2 N–H and O–H groups in total. The molecule has 0 saturated heterocycles. The Balaban J connectivity index is 2.23. The summed E-state index contributed by atoms with van der Waals surface area (Å²) in [5.41, 5.74) is 6.05. The normalized spacial score (nSPS) is 13.3. The third kappa shape index (κ3) is 2.34. The second-order valence-corrected chi connectivity index (χ2v) is 5.65. The van der Waals surface area contributed by atoms with Gasteiger partial charge in [0.2, 0.25) is 5.89 Å². The molecule has 0 fully saturated rings. The van der Waals surface area contributed by atoms with Crippen molar-refractivity contribution in [3.05, 3.63) is 32.5 Å². The van der Waals surface area contributed by atoms with Crippen LogP contribution in [0.4, 0.5) is 0 Å². The molecule has 0 bridgehead atoms. The Morgan fingerprint density at radius 2 is 2.25 bits per heavy atom. The van der Waals surface area contributed by atoms with Crippen molar-refractivity contribution in [2.24, 2.45) is 5.73 Å². The summed E-state index contributed by atoms with van der Waals surface area (Å²) in [5, 5.41) is 5.89. The Hall–Kier alpha value is -0.720. The molecule has 0 aliphatic heterocycles. The summed E-state index contributed by atoms with van der Waals surface area (Å²) in [5.74, 6) is 1.39. The van der Waals surface area contributed by atoms with E-state index in [1.807, 2.05) is 25.3 Å². The number of halogens is 1. The van der Waals surface area contributed by atoms with Gasteiger partial charge in [0, 0.05) is 20.6 Å². The third-order valence-corrected chi connectivity index (χ3v) is 3.90. The van der Waals surface area contributed by atoms with E-state index in [-0.39, 0.29) is 12.0 Å². The summed E-state index contributed by atoms with van der Waals surface area (Å²) < 4.78 is 6.15. The molecule has 0 spiro atoms. The molecule has 2 aromatic heterocycles. The van der Waals surface area contributed by atoms with Gasteiger partial charge in [-0.25, -0.2) is 0 Å². The lowest BCUT2D eigenvalue weighted by molar-refractivity contribution is 0.359. The summed E-state index contributed by atoms with van der Waals surface area (Å²) in [4.78, 5) is 5.30. The Labute approximate surface area is 106 Å². The molecule has 2 heterocycles. The molecule has 0 radical (unpaired) electrons. The topological polar surface area (TPSA) is 64.9 Å². The van der Waals surface area contributed by atoms with Gasteiger partial charge in [-0.1, -0.05) is 19.0 Å². The van der Waals surface area contributed by atoms with Crippen LogP contribution in [0.1, 0.15) is 42.4 Å². The number of hydrogen-bond donors (Lipinski definition) is 1. The molecule has 1 atom stereocenters. The number of nitrogens with two attached hydrogens (primary N) is 1. The van der Waals surface area contributed by atoms with Crippen LogP contribution in [0.3, 0.4) is 0 Å². The first-order valence-electron chi connectivity index (χ1n) is 4.91. The van der Waals surface area contributed by atoms with Crippen LogP contribution < -0.4 is 5.73 Å². The molecule has 0 saturated carbocycles. The lowest BCUT2D eigenvalue weighted by Gasteiger charge is -2.02. The van der Waals surface area contributed by atoms with Gasteiger partial charge < -0.3 is 10.3 Å². The van der Waals surface area contributed by atoms with Gasteiger partial charge in [0.15, 0.2) is 5.82 Å². The lowest BCUT2D eigenvalue weighted by atomic mass is 10.2. The van der Waals surface area contributed by atoms with Gasteiger partial charge in [-0.2, -0.15) is 4.98 Å². The van der Waals surface area contributed by atoms with Gasteiger partial charge in [0.25, 0.3) is 0 Å². The lowest BCUT2D eigenvalue weighted by Crippen LogP contribution is -2.12. The second-order valence-electron chi connectivity index (χ2n) is 3.79. The minimum Gasteiger partial charge on any atom is -0.339 e. The summed E-state index contributed by atoms with van der Waals surface area (Å²) >= 11 is 4.97. The maximum atomic E-state index is 6.05. The average Bonchev–Trinajstić information content (AvgIpc) is 2.84. The van der Waals surface area contributed by atoms with Crippen LogP contribution >= 0.6 is 27.3 Å². The van der Waals surface area contributed by atoms with Gasteiger partial charge in [-0.3, -0.25) is 0 Å². The fourth-order valence-corrected chi connectivity index (χ4v) is 2.67. The van der Waals surface area contributed by atoms with E-state index in [4.69, 9.17) is 10.3 Å². The Morgan fingerprint density at radius 1 is 1.50 bits per heavy atom. The van der Waals surface area contributed by atoms with E-state index in [0.29, 0.717) is 11.7 Å². The second kappa shape index (κ2) is 4.65. The molecule has 2 aromatic rings. The van der Waals surface area contributed by atoms with Crippen molar-refractivity contribution in [1.82, 2.24) is 10.1 Å². The maximum Gasteiger partial charge on any atom is 0.229 e. The molecule has 16 heavy (non-hydrogen) atoms. The van der Waals surface area contributed by atoms with Crippen molar-refractivity contribution < 1.29 is 4.52 Å². The average molecular weight is 302 g/mol. The molecule has 2 rings (SSSR count). The van der Waals surface area contributed by atoms with Gasteiger partial charge in [0.05, 0.1) is 0 Å². The number of rotatable bonds is 3. The van der Waals surface area contributed by atoms with Gasteiger partial charge in [-0.05, 0) is 22.0 Å². The number of thiophene rings is 1. The largest absolute Gasteiger partial charge is 0.339 e. The van der Waals surface area contributed by atoms with Gasteiger partial charge in [-0.15, -0.1) is 11.3 Å². The number of aromatic nitrogens is 2. The number of hydrogen-bond acceptors (Lipinski definition) is 5. The predicted octanol–water partition coefficient (Wildman–Crippen LogP) is 3.07. The van der Waals surface area contributed by atoms with Crippen LogP contribution in [-0.4, -0.2) is 10.1 Å². The zero-order valence-electron chi connectivity index (χ0n) is 8.98. The number of nitrogens with zero attached hydrogens (tertiary/aromatic N) is 2. The fraction of sp³-hybridized carbons (Fsp3) is 0.400. The first-order valence-corrected chi connectivity index (χ1v) is 6.58. The van der Waals surface area contributed by atoms with Crippen LogP contribution in [0.15, 0.2) is 20.4 Å². The van der Waals surface area contributed by atoms with Gasteiger partial charge in [0.1, 0.15) is 6.04 Å². The molecule has 6 heteroatoms. The molecule has 0 aliphatic carbocycles. The molecule has 0 aliphatic rings. The fourth-order valence-electron chi connectivity index (χ4n) is 1.23. The molecular formula is C10H12BrN3OS. The van der Waals surface area contributed by atoms with Crippen LogP contribution in [0, 0.1) is 0 Å². The highest BCUT2D eigenvalue weighted by molar-refractivity contribution is 9.10. The smallest absolute Gasteiger partial charge is 0.229 e. The van der Waals surface area contributed by atoms with E-state index in [2.05, 4.69) is 26.1 Å².